The molecule has 0 saturated carbocycles. The van der Waals surface area contributed by atoms with Gasteiger partial charge in [0, 0.05) is 32.7 Å². The fourth-order valence-electron chi connectivity index (χ4n) is 1.84. The molecule has 0 spiro atoms. The molecule has 1 aromatic carbocycles. The molecule has 1 rings (SSSR count). The third kappa shape index (κ3) is 5.83. The molecule has 6 nitrogen and oxygen atoms in total. The molecule has 0 bridgehead atoms. The molecule has 0 heterocycles. The summed E-state index contributed by atoms with van der Waals surface area (Å²) in [6, 6.07) is 7.43. The first kappa shape index (κ1) is 17.0. The molecule has 0 aliphatic rings. The van der Waals surface area contributed by atoms with Crippen LogP contribution in [-0.4, -0.2) is 50.6 Å². The molecule has 21 heavy (non-hydrogen) atoms. The van der Waals surface area contributed by atoms with Gasteiger partial charge >= 0.3 is 0 Å². The van der Waals surface area contributed by atoms with E-state index in [1.165, 1.54) is 11.8 Å². The monoisotopic (exact) mass is 294 g/mol. The second-order valence-electron chi connectivity index (χ2n) is 4.53. The second kappa shape index (κ2) is 8.97. The lowest BCUT2D eigenvalue weighted by Gasteiger charge is -2.21. The van der Waals surface area contributed by atoms with Crippen LogP contribution in [0.25, 0.3) is 0 Å². The highest BCUT2D eigenvalue weighted by atomic mass is 16.5. The zero-order chi connectivity index (χ0) is 15.7. The van der Waals surface area contributed by atoms with Gasteiger partial charge in [-0.15, -0.1) is 0 Å². The van der Waals surface area contributed by atoms with Gasteiger partial charge in [-0.1, -0.05) is 18.2 Å². The summed E-state index contributed by atoms with van der Waals surface area (Å²) in [5.41, 5.74) is 0.861. The second-order valence-corrected chi connectivity index (χ2v) is 4.53. The summed E-state index contributed by atoms with van der Waals surface area (Å²) in [4.78, 5) is 25.0. The Morgan fingerprint density at radius 3 is 2.57 bits per heavy atom. The standard InChI is InChI=1S/C15H22N2O4/c1-12(18)17(11-15(19)16-8-9-20-2)10-13-6-4-5-7-14(13)21-3/h4-7H,8-11H2,1-3H3,(H,16,19). The minimum Gasteiger partial charge on any atom is -0.496 e. The first-order valence-corrected chi connectivity index (χ1v) is 6.71. The number of nitrogens with one attached hydrogen (secondary N) is 1. The van der Waals surface area contributed by atoms with Crippen LogP contribution < -0.4 is 10.1 Å². The number of para-hydroxylation sites is 1. The lowest BCUT2D eigenvalue weighted by molar-refractivity contribution is -0.135. The van der Waals surface area contributed by atoms with Crippen LogP contribution in [0.4, 0.5) is 0 Å². The SMILES string of the molecule is COCCNC(=O)CN(Cc1ccccc1OC)C(C)=O. The third-order valence-electron chi connectivity index (χ3n) is 2.96. The summed E-state index contributed by atoms with van der Waals surface area (Å²) < 4.78 is 10.1. The van der Waals surface area contributed by atoms with Gasteiger partial charge in [-0.3, -0.25) is 9.59 Å². The highest BCUT2D eigenvalue weighted by Gasteiger charge is 2.15. The minimum atomic E-state index is -0.211. The Morgan fingerprint density at radius 2 is 1.95 bits per heavy atom. The predicted molar refractivity (Wildman–Crippen MR) is 79.0 cm³/mol. The maximum Gasteiger partial charge on any atom is 0.239 e. The molecular formula is C15H22N2O4. The van der Waals surface area contributed by atoms with Gasteiger partial charge in [0.1, 0.15) is 5.75 Å². The summed E-state index contributed by atoms with van der Waals surface area (Å²) in [5, 5.41) is 2.69. The number of benzene rings is 1. The molecule has 0 radical (unpaired) electrons. The molecule has 1 aromatic rings. The van der Waals surface area contributed by atoms with Gasteiger partial charge in [0.25, 0.3) is 0 Å². The normalized spacial score (nSPS) is 10.0. The average molecular weight is 294 g/mol. The number of nitrogens with zero attached hydrogens (tertiary/aromatic N) is 1. The van der Waals surface area contributed by atoms with Crippen molar-refractivity contribution in [1.29, 1.82) is 0 Å². The number of hydrogen-bond acceptors (Lipinski definition) is 4. The Kier molecular flexibility index (Phi) is 7.25. The number of methoxy groups -OCH3 is 2. The minimum absolute atomic E-state index is 0.0110. The van der Waals surface area contributed by atoms with Crippen molar-refractivity contribution in [3.8, 4) is 5.75 Å². The van der Waals surface area contributed by atoms with Crippen LogP contribution in [0.3, 0.4) is 0 Å². The number of carbonyl (C=O) groups is 2. The topological polar surface area (TPSA) is 67.9 Å². The fourth-order valence-corrected chi connectivity index (χ4v) is 1.84. The summed E-state index contributed by atoms with van der Waals surface area (Å²) >= 11 is 0. The molecule has 1 N–H and O–H groups in total. The van der Waals surface area contributed by atoms with Gasteiger partial charge in [0.05, 0.1) is 20.3 Å². The van der Waals surface area contributed by atoms with Crippen molar-refractivity contribution in [3.63, 3.8) is 0 Å². The molecule has 0 aliphatic heterocycles. The number of amides is 2. The van der Waals surface area contributed by atoms with E-state index < -0.39 is 0 Å². The summed E-state index contributed by atoms with van der Waals surface area (Å²) in [6.45, 7) is 2.65. The summed E-state index contributed by atoms with van der Waals surface area (Å²) in [5.74, 6) is 0.323. The zero-order valence-electron chi connectivity index (χ0n) is 12.7. The van der Waals surface area contributed by atoms with Crippen LogP contribution in [0, 0.1) is 0 Å². The largest absolute Gasteiger partial charge is 0.496 e. The van der Waals surface area contributed by atoms with E-state index in [1.807, 2.05) is 24.3 Å². The van der Waals surface area contributed by atoms with Gasteiger partial charge in [-0.05, 0) is 6.07 Å². The van der Waals surface area contributed by atoms with Crippen LogP contribution in [0.15, 0.2) is 24.3 Å². The molecule has 2 amide bonds. The van der Waals surface area contributed by atoms with Gasteiger partial charge in [-0.2, -0.15) is 0 Å². The first-order chi connectivity index (χ1) is 10.1. The van der Waals surface area contributed by atoms with Crippen LogP contribution in [0.5, 0.6) is 5.75 Å². The van der Waals surface area contributed by atoms with E-state index in [1.54, 1.807) is 14.2 Å². The van der Waals surface area contributed by atoms with E-state index in [-0.39, 0.29) is 18.4 Å². The maximum atomic E-state index is 11.8. The number of hydrogen-bond donors (Lipinski definition) is 1. The van der Waals surface area contributed by atoms with Crippen molar-refractivity contribution < 1.29 is 19.1 Å². The Labute approximate surface area is 125 Å². The molecular weight excluding hydrogens is 272 g/mol. The Bertz CT molecular complexity index is 476. The lowest BCUT2D eigenvalue weighted by Crippen LogP contribution is -2.40. The van der Waals surface area contributed by atoms with E-state index in [4.69, 9.17) is 9.47 Å². The Balaban J connectivity index is 2.65. The van der Waals surface area contributed by atoms with Gasteiger partial charge in [0.2, 0.25) is 11.8 Å². The average Bonchev–Trinajstić information content (AvgIpc) is 2.47. The van der Waals surface area contributed by atoms with Crippen molar-refractivity contribution in [2.24, 2.45) is 0 Å². The van der Waals surface area contributed by atoms with E-state index in [0.717, 1.165) is 5.56 Å². The van der Waals surface area contributed by atoms with Crippen molar-refractivity contribution >= 4 is 11.8 Å². The predicted octanol–water partition coefficient (Wildman–Crippen LogP) is 0.806. The highest BCUT2D eigenvalue weighted by molar-refractivity contribution is 5.83. The van der Waals surface area contributed by atoms with Crippen LogP contribution in [-0.2, 0) is 20.9 Å². The maximum absolute atomic E-state index is 11.8. The van der Waals surface area contributed by atoms with Crippen molar-refractivity contribution in [2.45, 2.75) is 13.5 Å². The molecule has 0 fully saturated rings. The number of ether oxygens (including phenoxy) is 2. The van der Waals surface area contributed by atoms with E-state index in [2.05, 4.69) is 5.32 Å². The molecule has 0 atom stereocenters. The molecule has 0 unspecified atom stereocenters. The van der Waals surface area contributed by atoms with Gasteiger partial charge in [-0.25, -0.2) is 0 Å². The third-order valence-corrected chi connectivity index (χ3v) is 2.96. The zero-order valence-corrected chi connectivity index (χ0v) is 12.7. The Morgan fingerprint density at radius 1 is 1.24 bits per heavy atom. The van der Waals surface area contributed by atoms with Crippen molar-refractivity contribution in [3.05, 3.63) is 29.8 Å². The fraction of sp³-hybridized carbons (Fsp3) is 0.467. The number of carbonyl (C=O) groups excluding carboxylic acids is 2. The molecule has 0 saturated heterocycles. The van der Waals surface area contributed by atoms with Crippen molar-refractivity contribution in [2.75, 3.05) is 33.9 Å². The van der Waals surface area contributed by atoms with Crippen LogP contribution in [0.2, 0.25) is 0 Å². The molecule has 6 heteroatoms. The molecule has 116 valence electrons. The Hall–Kier alpha value is -2.08. The lowest BCUT2D eigenvalue weighted by atomic mass is 10.2. The van der Waals surface area contributed by atoms with E-state index >= 15 is 0 Å². The molecule has 0 aliphatic carbocycles. The number of rotatable bonds is 8. The van der Waals surface area contributed by atoms with Gasteiger partial charge in [0.15, 0.2) is 0 Å². The highest BCUT2D eigenvalue weighted by Crippen LogP contribution is 2.19. The van der Waals surface area contributed by atoms with Crippen LogP contribution >= 0.6 is 0 Å². The smallest absolute Gasteiger partial charge is 0.239 e. The first-order valence-electron chi connectivity index (χ1n) is 6.71. The summed E-state index contributed by atoms with van der Waals surface area (Å²) in [6.07, 6.45) is 0. The summed E-state index contributed by atoms with van der Waals surface area (Å²) in [7, 11) is 3.14. The van der Waals surface area contributed by atoms with E-state index in [9.17, 15) is 9.59 Å². The van der Waals surface area contributed by atoms with Gasteiger partial charge < -0.3 is 19.7 Å². The quantitative estimate of drug-likeness (QED) is 0.720. The van der Waals surface area contributed by atoms with E-state index in [0.29, 0.717) is 25.4 Å². The van der Waals surface area contributed by atoms with Crippen LogP contribution in [0.1, 0.15) is 12.5 Å². The van der Waals surface area contributed by atoms with Crippen molar-refractivity contribution in [1.82, 2.24) is 10.2 Å². The molecule has 0 aromatic heterocycles.